The zero-order chi connectivity index (χ0) is 26.3. The number of likely N-dealkylation sites (tertiary alicyclic amines) is 2. The van der Waals surface area contributed by atoms with Crippen molar-refractivity contribution in [3.8, 4) is 0 Å². The van der Waals surface area contributed by atoms with Crippen LogP contribution in [-0.2, 0) is 11.0 Å². The summed E-state index contributed by atoms with van der Waals surface area (Å²) in [6.07, 6.45) is 1.80. The molecule has 5 rings (SSSR count). The summed E-state index contributed by atoms with van der Waals surface area (Å²) < 4.78 is 43.2. The Bertz CT molecular complexity index is 1150. The van der Waals surface area contributed by atoms with Crippen molar-refractivity contribution in [1.29, 1.82) is 0 Å². The number of halogens is 3. The predicted octanol–water partition coefficient (Wildman–Crippen LogP) is 4.48. The fourth-order valence-corrected chi connectivity index (χ4v) is 5.86. The summed E-state index contributed by atoms with van der Waals surface area (Å²) in [5.41, 5.74) is 0.923. The van der Waals surface area contributed by atoms with Gasteiger partial charge in [0.1, 0.15) is 0 Å². The SMILES string of the molecule is CN(C)CC(=O)N1CCC(n2ncc(C(=O)N3CCCC3c3ccccc3C(F)(F)F)c2C2CC2)CC1. The van der Waals surface area contributed by atoms with E-state index in [1.165, 1.54) is 12.1 Å². The number of hydrogen-bond acceptors (Lipinski definition) is 4. The number of likely N-dealkylation sites (N-methyl/N-ethyl adjacent to an activating group) is 1. The standard InChI is InChI=1S/C27H34F3N5O2/c1-32(2)17-24(36)33-14-11-19(12-15-33)35-25(18-9-10-18)21(16-31-35)26(37)34-13-5-8-23(34)20-6-3-4-7-22(20)27(28,29)30/h3-4,6-7,16,18-19,23H,5,8-15,17H2,1-2H3. The number of hydrogen-bond donors (Lipinski definition) is 0. The lowest BCUT2D eigenvalue weighted by molar-refractivity contribution is -0.138. The molecule has 1 aliphatic carbocycles. The summed E-state index contributed by atoms with van der Waals surface area (Å²) in [6.45, 7) is 2.10. The maximum atomic E-state index is 13.8. The van der Waals surface area contributed by atoms with Gasteiger partial charge in [-0.25, -0.2) is 0 Å². The molecule has 10 heteroatoms. The molecule has 200 valence electrons. The molecule has 3 fully saturated rings. The fraction of sp³-hybridized carbons (Fsp3) is 0.593. The van der Waals surface area contributed by atoms with Gasteiger partial charge in [0.25, 0.3) is 5.91 Å². The van der Waals surface area contributed by atoms with Crippen LogP contribution in [0.25, 0.3) is 0 Å². The number of alkyl halides is 3. The van der Waals surface area contributed by atoms with E-state index in [0.717, 1.165) is 37.4 Å². The first kappa shape index (κ1) is 25.8. The van der Waals surface area contributed by atoms with E-state index in [-0.39, 0.29) is 29.3 Å². The van der Waals surface area contributed by atoms with Gasteiger partial charge in [-0.05, 0) is 64.3 Å². The van der Waals surface area contributed by atoms with Gasteiger partial charge in [0.05, 0.1) is 41.6 Å². The van der Waals surface area contributed by atoms with E-state index in [2.05, 4.69) is 5.10 Å². The van der Waals surface area contributed by atoms with Crippen LogP contribution >= 0.6 is 0 Å². The summed E-state index contributed by atoms with van der Waals surface area (Å²) in [5, 5.41) is 4.64. The molecule has 2 aliphatic heterocycles. The summed E-state index contributed by atoms with van der Waals surface area (Å²) in [6, 6.07) is 5.08. The normalized spacial score (nSPS) is 21.2. The lowest BCUT2D eigenvalue weighted by Gasteiger charge is -2.33. The molecule has 1 saturated carbocycles. The molecule has 0 N–H and O–H groups in total. The van der Waals surface area contributed by atoms with Gasteiger partial charge in [0, 0.05) is 25.6 Å². The van der Waals surface area contributed by atoms with Crippen molar-refractivity contribution in [3.63, 3.8) is 0 Å². The molecule has 0 bridgehead atoms. The first-order chi connectivity index (χ1) is 17.6. The van der Waals surface area contributed by atoms with E-state index in [0.29, 0.717) is 44.6 Å². The highest BCUT2D eigenvalue weighted by molar-refractivity contribution is 5.96. The fourth-order valence-electron chi connectivity index (χ4n) is 5.86. The molecule has 2 aromatic rings. The van der Waals surface area contributed by atoms with Crippen molar-refractivity contribution in [2.45, 2.75) is 62.7 Å². The quantitative estimate of drug-likeness (QED) is 0.567. The molecule has 0 radical (unpaired) electrons. The van der Waals surface area contributed by atoms with Crippen LogP contribution in [0.15, 0.2) is 30.5 Å². The van der Waals surface area contributed by atoms with Gasteiger partial charge in [-0.1, -0.05) is 18.2 Å². The average Bonchev–Trinajstić information content (AvgIpc) is 3.41. The minimum absolute atomic E-state index is 0.0980. The second-order valence-electron chi connectivity index (χ2n) is 10.8. The Morgan fingerprint density at radius 1 is 1.03 bits per heavy atom. The smallest absolute Gasteiger partial charge is 0.341 e. The van der Waals surface area contributed by atoms with Gasteiger partial charge in [-0.2, -0.15) is 18.3 Å². The largest absolute Gasteiger partial charge is 0.416 e. The predicted molar refractivity (Wildman–Crippen MR) is 132 cm³/mol. The zero-order valence-electron chi connectivity index (χ0n) is 21.4. The molecule has 1 atom stereocenters. The van der Waals surface area contributed by atoms with Crippen molar-refractivity contribution in [1.82, 2.24) is 24.5 Å². The second kappa shape index (κ2) is 10.1. The van der Waals surface area contributed by atoms with E-state index in [4.69, 9.17) is 0 Å². The summed E-state index contributed by atoms with van der Waals surface area (Å²) >= 11 is 0. The Labute approximate surface area is 215 Å². The van der Waals surface area contributed by atoms with Crippen molar-refractivity contribution in [3.05, 3.63) is 52.8 Å². The summed E-state index contributed by atoms with van der Waals surface area (Å²) in [4.78, 5) is 31.6. The number of carbonyl (C=O) groups is 2. The Morgan fingerprint density at radius 3 is 2.38 bits per heavy atom. The van der Waals surface area contributed by atoms with Crippen LogP contribution in [0.4, 0.5) is 13.2 Å². The maximum Gasteiger partial charge on any atom is 0.416 e. The molecule has 3 aliphatic rings. The molecule has 3 heterocycles. The number of amides is 2. The van der Waals surface area contributed by atoms with Crippen molar-refractivity contribution >= 4 is 11.8 Å². The minimum atomic E-state index is -4.47. The molecule has 1 unspecified atom stereocenters. The topological polar surface area (TPSA) is 61.7 Å². The van der Waals surface area contributed by atoms with Crippen LogP contribution in [0.2, 0.25) is 0 Å². The molecule has 1 aromatic carbocycles. The molecule has 7 nitrogen and oxygen atoms in total. The molecule has 37 heavy (non-hydrogen) atoms. The van der Waals surface area contributed by atoms with E-state index in [1.807, 2.05) is 28.6 Å². The average molecular weight is 518 g/mol. The van der Waals surface area contributed by atoms with Gasteiger partial charge in [-0.3, -0.25) is 14.3 Å². The maximum absolute atomic E-state index is 13.8. The van der Waals surface area contributed by atoms with Crippen LogP contribution < -0.4 is 0 Å². The number of rotatable bonds is 6. The third kappa shape index (κ3) is 5.26. The lowest BCUT2D eigenvalue weighted by Crippen LogP contribution is -2.43. The van der Waals surface area contributed by atoms with E-state index < -0.39 is 17.8 Å². The Hall–Kier alpha value is -2.88. The molecular weight excluding hydrogens is 483 g/mol. The van der Waals surface area contributed by atoms with Gasteiger partial charge in [-0.15, -0.1) is 0 Å². The molecule has 1 aromatic heterocycles. The van der Waals surface area contributed by atoms with E-state index in [1.54, 1.807) is 17.2 Å². The van der Waals surface area contributed by atoms with Crippen molar-refractivity contribution in [2.75, 3.05) is 40.3 Å². The molecule has 0 spiro atoms. The first-order valence-corrected chi connectivity index (χ1v) is 13.1. The molecule has 2 saturated heterocycles. The summed E-state index contributed by atoms with van der Waals surface area (Å²) in [5.74, 6) is 0.131. The Balaban J connectivity index is 1.37. The number of piperidine rings is 1. The van der Waals surface area contributed by atoms with Crippen LogP contribution in [0.5, 0.6) is 0 Å². The monoisotopic (exact) mass is 517 g/mol. The number of nitrogens with zero attached hydrogens (tertiary/aromatic N) is 5. The van der Waals surface area contributed by atoms with E-state index >= 15 is 0 Å². The van der Waals surface area contributed by atoms with Gasteiger partial charge in [0.2, 0.25) is 5.91 Å². The first-order valence-electron chi connectivity index (χ1n) is 13.1. The number of carbonyl (C=O) groups excluding carboxylic acids is 2. The minimum Gasteiger partial charge on any atom is -0.341 e. The third-order valence-corrected chi connectivity index (χ3v) is 7.78. The van der Waals surface area contributed by atoms with Gasteiger partial charge < -0.3 is 14.7 Å². The molecule has 2 amide bonds. The highest BCUT2D eigenvalue weighted by atomic mass is 19.4. The second-order valence-corrected chi connectivity index (χ2v) is 10.8. The summed E-state index contributed by atoms with van der Waals surface area (Å²) in [7, 11) is 3.75. The van der Waals surface area contributed by atoms with Gasteiger partial charge >= 0.3 is 6.18 Å². The Morgan fingerprint density at radius 2 is 1.73 bits per heavy atom. The van der Waals surface area contributed by atoms with E-state index in [9.17, 15) is 22.8 Å². The van der Waals surface area contributed by atoms with Crippen LogP contribution in [0, 0.1) is 0 Å². The third-order valence-electron chi connectivity index (χ3n) is 7.78. The van der Waals surface area contributed by atoms with Crippen molar-refractivity contribution < 1.29 is 22.8 Å². The van der Waals surface area contributed by atoms with Crippen LogP contribution in [-0.4, -0.2) is 76.6 Å². The number of benzene rings is 1. The van der Waals surface area contributed by atoms with Gasteiger partial charge in [0.15, 0.2) is 0 Å². The molecular formula is C27H34F3N5O2. The van der Waals surface area contributed by atoms with Crippen molar-refractivity contribution in [2.24, 2.45) is 0 Å². The highest BCUT2D eigenvalue weighted by Gasteiger charge is 2.42. The lowest BCUT2D eigenvalue weighted by atomic mass is 9.97. The van der Waals surface area contributed by atoms with Crippen LogP contribution in [0.1, 0.15) is 83.7 Å². The Kier molecular flexibility index (Phi) is 7.04. The number of aromatic nitrogens is 2. The van der Waals surface area contributed by atoms with Crippen LogP contribution in [0.3, 0.4) is 0 Å². The zero-order valence-corrected chi connectivity index (χ0v) is 21.4. The highest BCUT2D eigenvalue weighted by Crippen LogP contribution is 2.45.